The third-order valence-electron chi connectivity index (χ3n) is 3.54. The summed E-state index contributed by atoms with van der Waals surface area (Å²) in [6.07, 6.45) is 0. The molecule has 0 aromatic heterocycles. The van der Waals surface area contributed by atoms with Crippen LogP contribution in [0.1, 0.15) is 25.0 Å². The number of anilines is 1. The summed E-state index contributed by atoms with van der Waals surface area (Å²) in [6.45, 7) is 5.85. The molecule has 0 aliphatic carbocycles. The summed E-state index contributed by atoms with van der Waals surface area (Å²) in [6, 6.07) is 13.9. The van der Waals surface area contributed by atoms with Gasteiger partial charge in [0.1, 0.15) is 0 Å². The first-order chi connectivity index (χ1) is 9.97. The van der Waals surface area contributed by atoms with Crippen LogP contribution in [0.5, 0.6) is 0 Å². The van der Waals surface area contributed by atoms with Gasteiger partial charge in [0.15, 0.2) is 0 Å². The number of para-hydroxylation sites is 1. The predicted molar refractivity (Wildman–Crippen MR) is 91.7 cm³/mol. The Bertz CT molecular complexity index is 611. The molecule has 0 saturated carbocycles. The van der Waals surface area contributed by atoms with Crippen molar-refractivity contribution in [2.75, 3.05) is 5.73 Å². The zero-order valence-electron chi connectivity index (χ0n) is 12.3. The van der Waals surface area contributed by atoms with Crippen LogP contribution in [-0.2, 0) is 13.1 Å². The van der Waals surface area contributed by atoms with Crippen LogP contribution < -0.4 is 5.73 Å². The Hall–Kier alpha value is -1.22. The molecule has 0 aliphatic heterocycles. The Morgan fingerprint density at radius 3 is 2.33 bits per heavy atom. The van der Waals surface area contributed by atoms with E-state index < -0.39 is 0 Å². The fourth-order valence-electron chi connectivity index (χ4n) is 2.20. The summed E-state index contributed by atoms with van der Waals surface area (Å²) in [5.41, 5.74) is 9.03. The maximum absolute atomic E-state index is 6.27. The van der Waals surface area contributed by atoms with Gasteiger partial charge in [-0.2, -0.15) is 0 Å². The summed E-state index contributed by atoms with van der Waals surface area (Å²) in [5, 5.41) is 1.45. The Balaban J connectivity index is 2.20. The average Bonchev–Trinajstić information content (AvgIpc) is 2.44. The minimum Gasteiger partial charge on any atom is -0.398 e. The molecule has 0 aliphatic rings. The highest BCUT2D eigenvalue weighted by atomic mass is 35.5. The summed E-state index contributed by atoms with van der Waals surface area (Å²) in [4.78, 5) is 2.32. The van der Waals surface area contributed by atoms with Gasteiger partial charge in [-0.1, -0.05) is 41.4 Å². The zero-order chi connectivity index (χ0) is 15.4. The van der Waals surface area contributed by atoms with Gasteiger partial charge in [-0.3, -0.25) is 4.90 Å². The van der Waals surface area contributed by atoms with Crippen molar-refractivity contribution < 1.29 is 0 Å². The third-order valence-corrected chi connectivity index (χ3v) is 4.14. The predicted octanol–water partition coefficient (Wildman–Crippen LogP) is 4.99. The van der Waals surface area contributed by atoms with Crippen molar-refractivity contribution in [2.24, 2.45) is 0 Å². The minimum absolute atomic E-state index is 0.375. The normalized spacial score (nSPS) is 11.3. The van der Waals surface area contributed by atoms with Gasteiger partial charge in [0.25, 0.3) is 0 Å². The largest absolute Gasteiger partial charge is 0.398 e. The van der Waals surface area contributed by atoms with Crippen LogP contribution in [-0.4, -0.2) is 10.9 Å². The van der Waals surface area contributed by atoms with E-state index in [2.05, 4.69) is 24.8 Å². The van der Waals surface area contributed by atoms with E-state index in [1.165, 1.54) is 0 Å². The molecule has 2 nitrogen and oxygen atoms in total. The summed E-state index contributed by atoms with van der Waals surface area (Å²) >= 11 is 12.3. The Morgan fingerprint density at radius 2 is 1.67 bits per heavy atom. The van der Waals surface area contributed by atoms with Crippen molar-refractivity contribution in [2.45, 2.75) is 33.0 Å². The lowest BCUT2D eigenvalue weighted by molar-refractivity contribution is 0.204. The Kier molecular flexibility index (Phi) is 5.51. The van der Waals surface area contributed by atoms with Crippen LogP contribution in [0, 0.1) is 0 Å². The van der Waals surface area contributed by atoms with Crippen LogP contribution >= 0.6 is 23.2 Å². The molecule has 0 amide bonds. The second-order valence-corrected chi connectivity index (χ2v) is 6.28. The second kappa shape index (κ2) is 7.17. The van der Waals surface area contributed by atoms with Gasteiger partial charge in [-0.15, -0.1) is 0 Å². The van der Waals surface area contributed by atoms with Gasteiger partial charge in [-0.25, -0.2) is 0 Å². The fraction of sp³-hybridized carbons (Fsp3) is 0.294. The monoisotopic (exact) mass is 322 g/mol. The van der Waals surface area contributed by atoms with E-state index in [1.54, 1.807) is 0 Å². The average molecular weight is 323 g/mol. The molecule has 112 valence electrons. The smallest absolute Gasteiger partial charge is 0.0452 e. The summed E-state index contributed by atoms with van der Waals surface area (Å²) in [7, 11) is 0. The number of hydrogen-bond donors (Lipinski definition) is 1. The molecule has 0 saturated heterocycles. The van der Waals surface area contributed by atoms with E-state index in [1.807, 2.05) is 36.4 Å². The molecule has 0 fully saturated rings. The van der Waals surface area contributed by atoms with Gasteiger partial charge in [-0.05, 0) is 49.2 Å². The van der Waals surface area contributed by atoms with Crippen molar-refractivity contribution in [3.8, 4) is 0 Å². The highest BCUT2D eigenvalue weighted by Crippen LogP contribution is 2.24. The Morgan fingerprint density at radius 1 is 1.00 bits per heavy atom. The number of benzene rings is 2. The van der Waals surface area contributed by atoms with Crippen LogP contribution in [0.25, 0.3) is 0 Å². The lowest BCUT2D eigenvalue weighted by atomic mass is 10.1. The van der Waals surface area contributed by atoms with Gasteiger partial charge in [0.05, 0.1) is 0 Å². The number of rotatable bonds is 5. The molecule has 0 heterocycles. The molecule has 0 spiro atoms. The number of hydrogen-bond acceptors (Lipinski definition) is 2. The molecule has 2 aromatic carbocycles. The lowest BCUT2D eigenvalue weighted by Crippen LogP contribution is -2.30. The summed E-state index contributed by atoms with van der Waals surface area (Å²) in [5.74, 6) is 0. The highest BCUT2D eigenvalue weighted by Gasteiger charge is 2.14. The van der Waals surface area contributed by atoms with Crippen molar-refractivity contribution >= 4 is 28.9 Å². The molecular formula is C17H20Cl2N2. The molecule has 0 radical (unpaired) electrons. The first-order valence-electron chi connectivity index (χ1n) is 6.98. The van der Waals surface area contributed by atoms with E-state index in [0.717, 1.165) is 34.9 Å². The Labute approximate surface area is 136 Å². The van der Waals surface area contributed by atoms with Crippen LogP contribution in [0.15, 0.2) is 42.5 Å². The maximum atomic E-state index is 6.27. The molecule has 21 heavy (non-hydrogen) atoms. The molecule has 0 bridgehead atoms. The SMILES string of the molecule is CC(C)N(Cc1ccccc1N)Cc1cc(Cl)ccc1Cl. The molecule has 0 unspecified atom stereocenters. The van der Waals surface area contributed by atoms with E-state index in [9.17, 15) is 0 Å². The van der Waals surface area contributed by atoms with Crippen molar-refractivity contribution in [1.29, 1.82) is 0 Å². The standard InChI is InChI=1S/C17H20Cl2N2/c1-12(2)21(10-13-5-3-4-6-17(13)20)11-14-9-15(18)7-8-16(14)19/h3-9,12H,10-11,20H2,1-2H3. The van der Waals surface area contributed by atoms with Crippen molar-refractivity contribution in [1.82, 2.24) is 4.90 Å². The summed E-state index contributed by atoms with van der Waals surface area (Å²) < 4.78 is 0. The molecule has 2 N–H and O–H groups in total. The van der Waals surface area contributed by atoms with E-state index in [4.69, 9.17) is 28.9 Å². The van der Waals surface area contributed by atoms with Gasteiger partial charge >= 0.3 is 0 Å². The second-order valence-electron chi connectivity index (χ2n) is 5.43. The molecule has 4 heteroatoms. The number of nitrogen functional groups attached to an aromatic ring is 1. The minimum atomic E-state index is 0.375. The molecule has 2 aromatic rings. The number of nitrogens with zero attached hydrogens (tertiary/aromatic N) is 1. The first kappa shape index (κ1) is 16.2. The molecule has 2 rings (SSSR count). The molecule has 0 atom stereocenters. The van der Waals surface area contributed by atoms with Gasteiger partial charge in [0, 0.05) is 34.9 Å². The lowest BCUT2D eigenvalue weighted by Gasteiger charge is -2.27. The maximum Gasteiger partial charge on any atom is 0.0452 e. The van der Waals surface area contributed by atoms with Crippen molar-refractivity contribution in [3.05, 3.63) is 63.6 Å². The van der Waals surface area contributed by atoms with Crippen LogP contribution in [0.4, 0.5) is 5.69 Å². The highest BCUT2D eigenvalue weighted by molar-refractivity contribution is 6.33. The quantitative estimate of drug-likeness (QED) is 0.786. The van der Waals surface area contributed by atoms with E-state index in [-0.39, 0.29) is 0 Å². The van der Waals surface area contributed by atoms with Gasteiger partial charge in [0.2, 0.25) is 0 Å². The topological polar surface area (TPSA) is 29.3 Å². The van der Waals surface area contributed by atoms with Crippen LogP contribution in [0.2, 0.25) is 10.0 Å². The third kappa shape index (κ3) is 4.37. The van der Waals surface area contributed by atoms with Crippen LogP contribution in [0.3, 0.4) is 0 Å². The van der Waals surface area contributed by atoms with E-state index >= 15 is 0 Å². The first-order valence-corrected chi connectivity index (χ1v) is 7.74. The number of nitrogens with two attached hydrogens (primary N) is 1. The van der Waals surface area contributed by atoms with Crippen molar-refractivity contribution in [3.63, 3.8) is 0 Å². The number of halogens is 2. The van der Waals surface area contributed by atoms with Gasteiger partial charge < -0.3 is 5.73 Å². The fourth-order valence-corrected chi connectivity index (χ4v) is 2.57. The zero-order valence-corrected chi connectivity index (χ0v) is 13.8. The van der Waals surface area contributed by atoms with E-state index in [0.29, 0.717) is 11.1 Å². The molecular weight excluding hydrogens is 303 g/mol.